The first-order valence-electron chi connectivity index (χ1n) is 5.05. The monoisotopic (exact) mass is 278 g/mol. The van der Waals surface area contributed by atoms with E-state index in [-0.39, 0.29) is 12.5 Å². The molecule has 0 aromatic heterocycles. The largest absolute Gasteiger partial charge is 0.368 e. The quantitative estimate of drug-likeness (QED) is 0.744. The number of primary amides is 1. The Labute approximate surface area is 99.3 Å². The average Bonchev–Trinajstić information content (AvgIpc) is 2.09. The second-order valence-corrected chi connectivity index (χ2v) is 6.00. The summed E-state index contributed by atoms with van der Waals surface area (Å²) in [6.45, 7) is 6.12. The van der Waals surface area contributed by atoms with Crippen LogP contribution in [0.5, 0.6) is 0 Å². The van der Waals surface area contributed by atoms with Crippen molar-refractivity contribution in [3.63, 3.8) is 0 Å². The summed E-state index contributed by atoms with van der Waals surface area (Å²) in [4.78, 5) is 24.2. The number of carbonyl (C=O) groups excluding carboxylic acids is 2. The number of nitrogens with two attached hydrogens (primary N) is 1. The maximum absolute atomic E-state index is 11.9. The van der Waals surface area contributed by atoms with Crippen LogP contribution in [0.1, 0.15) is 33.6 Å². The van der Waals surface area contributed by atoms with E-state index in [1.807, 2.05) is 6.92 Å². The van der Waals surface area contributed by atoms with Crippen LogP contribution >= 0.6 is 15.9 Å². The zero-order valence-corrected chi connectivity index (χ0v) is 11.1. The van der Waals surface area contributed by atoms with Gasteiger partial charge in [0.05, 0.1) is 10.9 Å². The summed E-state index contributed by atoms with van der Waals surface area (Å²) >= 11 is 3.28. The molecule has 0 unspecified atom stereocenters. The van der Waals surface area contributed by atoms with Gasteiger partial charge in [-0.1, -0.05) is 29.3 Å². The highest BCUT2D eigenvalue weighted by Gasteiger charge is 2.29. The third-order valence-corrected chi connectivity index (χ3v) is 2.26. The van der Waals surface area contributed by atoms with Crippen LogP contribution in [0.15, 0.2) is 0 Å². The Morgan fingerprint density at radius 2 is 1.93 bits per heavy atom. The fourth-order valence-electron chi connectivity index (χ4n) is 1.17. The van der Waals surface area contributed by atoms with E-state index in [0.29, 0.717) is 6.54 Å². The topological polar surface area (TPSA) is 63.4 Å². The summed E-state index contributed by atoms with van der Waals surface area (Å²) in [5, 5.41) is 0. The molecule has 15 heavy (non-hydrogen) atoms. The van der Waals surface area contributed by atoms with Gasteiger partial charge in [-0.3, -0.25) is 9.59 Å². The van der Waals surface area contributed by atoms with Gasteiger partial charge in [0, 0.05) is 6.54 Å². The number of nitrogens with zero attached hydrogens (tertiary/aromatic N) is 1. The van der Waals surface area contributed by atoms with Crippen LogP contribution in [0.4, 0.5) is 0 Å². The second-order valence-electron chi connectivity index (χ2n) is 4.02. The number of hydrogen-bond acceptors (Lipinski definition) is 2. The molecule has 2 amide bonds. The van der Waals surface area contributed by atoms with Gasteiger partial charge in [-0.25, -0.2) is 0 Å². The minimum atomic E-state index is -0.643. The van der Waals surface area contributed by atoms with Crippen molar-refractivity contribution in [2.24, 2.45) is 5.73 Å². The molecule has 0 aromatic carbocycles. The lowest BCUT2D eigenvalue weighted by Gasteiger charge is -2.27. The molecule has 0 atom stereocenters. The minimum Gasteiger partial charge on any atom is -0.368 e. The molecular formula is C10H19BrN2O2. The lowest BCUT2D eigenvalue weighted by molar-refractivity contribution is -0.136. The predicted molar refractivity (Wildman–Crippen MR) is 63.7 cm³/mol. The first-order chi connectivity index (χ1) is 6.79. The Kier molecular flexibility index (Phi) is 5.87. The average molecular weight is 279 g/mol. The van der Waals surface area contributed by atoms with Gasteiger partial charge in [-0.2, -0.15) is 0 Å². The number of hydrogen-bond donors (Lipinski definition) is 1. The minimum absolute atomic E-state index is 0.00609. The highest BCUT2D eigenvalue weighted by atomic mass is 79.9. The predicted octanol–water partition coefficient (Wildman–Crippen LogP) is 1.27. The van der Waals surface area contributed by atoms with Crippen LogP contribution in [0.2, 0.25) is 0 Å². The molecule has 0 aliphatic rings. The maximum atomic E-state index is 11.9. The maximum Gasteiger partial charge on any atom is 0.239 e. The molecular weight excluding hydrogens is 260 g/mol. The molecule has 0 bridgehead atoms. The standard InChI is InChI=1S/C10H19BrN2O2/c1-4-5-6-13(7-8(12)14)9(15)10(2,3)11/h4-7H2,1-3H3,(H2,12,14). The van der Waals surface area contributed by atoms with Crippen LogP contribution < -0.4 is 5.73 Å². The van der Waals surface area contributed by atoms with E-state index in [4.69, 9.17) is 5.73 Å². The van der Waals surface area contributed by atoms with Gasteiger partial charge in [0.25, 0.3) is 0 Å². The molecule has 0 aliphatic carbocycles. The molecule has 0 aliphatic heterocycles. The van der Waals surface area contributed by atoms with Crippen molar-refractivity contribution < 1.29 is 9.59 Å². The van der Waals surface area contributed by atoms with Gasteiger partial charge in [0.2, 0.25) is 11.8 Å². The van der Waals surface area contributed by atoms with Crippen molar-refractivity contribution in [3.05, 3.63) is 0 Å². The first kappa shape index (κ1) is 14.4. The van der Waals surface area contributed by atoms with E-state index >= 15 is 0 Å². The van der Waals surface area contributed by atoms with Crippen molar-refractivity contribution in [3.8, 4) is 0 Å². The zero-order valence-electron chi connectivity index (χ0n) is 9.55. The number of halogens is 1. The molecule has 0 fully saturated rings. The van der Waals surface area contributed by atoms with E-state index < -0.39 is 10.2 Å². The van der Waals surface area contributed by atoms with E-state index in [1.165, 1.54) is 4.90 Å². The molecule has 0 saturated heterocycles. The lowest BCUT2D eigenvalue weighted by atomic mass is 10.1. The fourth-order valence-corrected chi connectivity index (χ4v) is 1.42. The summed E-state index contributed by atoms with van der Waals surface area (Å²) in [7, 11) is 0. The normalized spacial score (nSPS) is 11.2. The summed E-state index contributed by atoms with van der Waals surface area (Å²) in [6, 6.07) is 0. The van der Waals surface area contributed by atoms with E-state index in [9.17, 15) is 9.59 Å². The molecule has 2 N–H and O–H groups in total. The number of alkyl halides is 1. The molecule has 0 spiro atoms. The molecule has 0 saturated carbocycles. The van der Waals surface area contributed by atoms with Crippen molar-refractivity contribution in [2.75, 3.05) is 13.1 Å². The SMILES string of the molecule is CCCCN(CC(N)=O)C(=O)C(C)(C)Br. The van der Waals surface area contributed by atoms with Crippen LogP contribution in [0, 0.1) is 0 Å². The Morgan fingerprint density at radius 3 is 2.27 bits per heavy atom. The van der Waals surface area contributed by atoms with Crippen LogP contribution in [-0.4, -0.2) is 34.1 Å². The molecule has 5 heteroatoms. The Hall–Kier alpha value is -0.580. The number of amides is 2. The highest BCUT2D eigenvalue weighted by molar-refractivity contribution is 9.10. The summed E-state index contributed by atoms with van der Waals surface area (Å²) in [5.41, 5.74) is 5.10. The van der Waals surface area contributed by atoms with Gasteiger partial charge in [0.15, 0.2) is 0 Å². The molecule has 88 valence electrons. The van der Waals surface area contributed by atoms with E-state index in [2.05, 4.69) is 15.9 Å². The fraction of sp³-hybridized carbons (Fsp3) is 0.800. The van der Waals surface area contributed by atoms with Crippen LogP contribution in [-0.2, 0) is 9.59 Å². The lowest BCUT2D eigenvalue weighted by Crippen LogP contribution is -2.46. The third kappa shape index (κ3) is 5.77. The molecule has 0 aromatic rings. The van der Waals surface area contributed by atoms with Gasteiger partial charge in [-0.15, -0.1) is 0 Å². The van der Waals surface area contributed by atoms with Gasteiger partial charge >= 0.3 is 0 Å². The number of rotatable bonds is 6. The smallest absolute Gasteiger partial charge is 0.239 e. The summed E-state index contributed by atoms with van der Waals surface area (Å²) < 4.78 is -0.643. The van der Waals surface area contributed by atoms with E-state index in [1.54, 1.807) is 13.8 Å². The first-order valence-corrected chi connectivity index (χ1v) is 5.85. The van der Waals surface area contributed by atoms with Gasteiger partial charge in [-0.05, 0) is 20.3 Å². The van der Waals surface area contributed by atoms with Gasteiger partial charge in [0.1, 0.15) is 0 Å². The molecule has 0 radical (unpaired) electrons. The molecule has 0 heterocycles. The summed E-state index contributed by atoms with van der Waals surface area (Å²) in [5.74, 6) is -0.578. The van der Waals surface area contributed by atoms with Crippen molar-refractivity contribution in [1.29, 1.82) is 0 Å². The Bertz CT molecular complexity index is 236. The third-order valence-electron chi connectivity index (χ3n) is 1.92. The Morgan fingerprint density at radius 1 is 1.40 bits per heavy atom. The second kappa shape index (κ2) is 6.10. The van der Waals surface area contributed by atoms with Crippen molar-refractivity contribution >= 4 is 27.7 Å². The molecule has 0 rings (SSSR count). The van der Waals surface area contributed by atoms with Crippen molar-refractivity contribution in [2.45, 2.75) is 37.9 Å². The van der Waals surface area contributed by atoms with Crippen LogP contribution in [0.3, 0.4) is 0 Å². The summed E-state index contributed by atoms with van der Waals surface area (Å²) in [6.07, 6.45) is 1.85. The van der Waals surface area contributed by atoms with Crippen LogP contribution in [0.25, 0.3) is 0 Å². The van der Waals surface area contributed by atoms with Gasteiger partial charge < -0.3 is 10.6 Å². The van der Waals surface area contributed by atoms with Crippen molar-refractivity contribution in [1.82, 2.24) is 4.90 Å². The Balaban J connectivity index is 4.47. The number of carbonyl (C=O) groups is 2. The zero-order chi connectivity index (χ0) is 12.1. The highest BCUT2D eigenvalue weighted by Crippen LogP contribution is 2.19. The molecule has 4 nitrogen and oxygen atoms in total. The van der Waals surface area contributed by atoms with E-state index in [0.717, 1.165) is 12.8 Å². The number of unbranched alkanes of at least 4 members (excludes halogenated alkanes) is 1.